The van der Waals surface area contributed by atoms with E-state index in [1.54, 1.807) is 25.1 Å². The van der Waals surface area contributed by atoms with Crippen molar-refractivity contribution in [3.63, 3.8) is 0 Å². The SMILES string of the molecule is CC(Oc1ccc(Cl)cc1Cl)C(=O)OCc1c2ccccc2cc2ccccc12. The minimum atomic E-state index is -0.810. The molecule has 0 amide bonds. The van der Waals surface area contributed by atoms with Gasteiger partial charge >= 0.3 is 5.97 Å². The van der Waals surface area contributed by atoms with Crippen molar-refractivity contribution in [2.75, 3.05) is 0 Å². The Kier molecular flexibility index (Phi) is 5.61. The van der Waals surface area contributed by atoms with Gasteiger partial charge < -0.3 is 9.47 Å². The van der Waals surface area contributed by atoms with Crippen molar-refractivity contribution in [1.82, 2.24) is 0 Å². The molecule has 29 heavy (non-hydrogen) atoms. The van der Waals surface area contributed by atoms with E-state index in [1.807, 2.05) is 36.4 Å². The van der Waals surface area contributed by atoms with Crippen LogP contribution in [0, 0.1) is 0 Å². The van der Waals surface area contributed by atoms with Crippen molar-refractivity contribution in [3.8, 4) is 5.75 Å². The van der Waals surface area contributed by atoms with E-state index in [-0.39, 0.29) is 6.61 Å². The van der Waals surface area contributed by atoms with E-state index in [4.69, 9.17) is 32.7 Å². The molecule has 4 rings (SSSR count). The van der Waals surface area contributed by atoms with Gasteiger partial charge in [-0.15, -0.1) is 0 Å². The second-order valence-corrected chi connectivity index (χ2v) is 7.58. The molecule has 1 atom stereocenters. The number of carbonyl (C=O) groups is 1. The van der Waals surface area contributed by atoms with Crippen LogP contribution >= 0.6 is 23.2 Å². The molecule has 0 aliphatic rings. The van der Waals surface area contributed by atoms with Crippen molar-refractivity contribution in [3.05, 3.63) is 88.4 Å². The van der Waals surface area contributed by atoms with Crippen LogP contribution in [0.2, 0.25) is 10.0 Å². The quantitative estimate of drug-likeness (QED) is 0.260. The van der Waals surface area contributed by atoms with E-state index in [0.29, 0.717) is 15.8 Å². The summed E-state index contributed by atoms with van der Waals surface area (Å²) in [5.74, 6) is -0.0795. The molecule has 0 bridgehead atoms. The van der Waals surface area contributed by atoms with Gasteiger partial charge in [0.2, 0.25) is 0 Å². The lowest BCUT2D eigenvalue weighted by atomic mass is 9.97. The lowest BCUT2D eigenvalue weighted by molar-refractivity contribution is -0.152. The Balaban J connectivity index is 1.56. The first-order valence-corrected chi connectivity index (χ1v) is 9.96. The Morgan fingerprint density at radius 3 is 2.14 bits per heavy atom. The second kappa shape index (κ2) is 8.32. The molecule has 5 heteroatoms. The molecule has 0 spiro atoms. The fourth-order valence-corrected chi connectivity index (χ4v) is 3.79. The Morgan fingerprint density at radius 1 is 0.897 bits per heavy atom. The fraction of sp³-hybridized carbons (Fsp3) is 0.125. The Bertz CT molecular complexity index is 1150. The van der Waals surface area contributed by atoms with Gasteiger partial charge in [-0.3, -0.25) is 0 Å². The molecule has 0 aromatic heterocycles. The fourth-order valence-electron chi connectivity index (χ4n) is 3.33. The number of ether oxygens (including phenoxy) is 2. The van der Waals surface area contributed by atoms with Gasteiger partial charge in [-0.05, 0) is 52.7 Å². The minimum absolute atomic E-state index is 0.156. The molecule has 3 nitrogen and oxygen atoms in total. The van der Waals surface area contributed by atoms with Crippen LogP contribution in [-0.4, -0.2) is 12.1 Å². The summed E-state index contributed by atoms with van der Waals surface area (Å²) in [5, 5.41) is 5.18. The Hall–Kier alpha value is -2.75. The lowest BCUT2D eigenvalue weighted by Crippen LogP contribution is -2.26. The minimum Gasteiger partial charge on any atom is -0.477 e. The maximum atomic E-state index is 12.6. The van der Waals surface area contributed by atoms with Crippen molar-refractivity contribution in [1.29, 1.82) is 0 Å². The molecular formula is C24H18Cl2O3. The molecular weight excluding hydrogens is 407 g/mol. The molecule has 0 aliphatic carbocycles. The normalized spacial score (nSPS) is 12.1. The number of halogens is 2. The molecule has 0 N–H and O–H groups in total. The molecule has 0 aliphatic heterocycles. The molecule has 4 aromatic carbocycles. The van der Waals surface area contributed by atoms with Crippen molar-refractivity contribution < 1.29 is 14.3 Å². The van der Waals surface area contributed by atoms with Crippen LogP contribution in [0.5, 0.6) is 5.75 Å². The molecule has 0 saturated carbocycles. The van der Waals surface area contributed by atoms with E-state index in [9.17, 15) is 4.79 Å². The average molecular weight is 425 g/mol. The molecule has 0 fully saturated rings. The van der Waals surface area contributed by atoms with E-state index in [1.165, 1.54) is 0 Å². The van der Waals surface area contributed by atoms with Gasteiger partial charge in [0.15, 0.2) is 6.10 Å². The molecule has 146 valence electrons. The van der Waals surface area contributed by atoms with Gasteiger partial charge in [0, 0.05) is 10.6 Å². The molecule has 4 aromatic rings. The van der Waals surface area contributed by atoms with Crippen LogP contribution in [0.25, 0.3) is 21.5 Å². The van der Waals surface area contributed by atoms with Crippen molar-refractivity contribution in [2.24, 2.45) is 0 Å². The van der Waals surface area contributed by atoms with E-state index < -0.39 is 12.1 Å². The zero-order chi connectivity index (χ0) is 20.4. The Morgan fingerprint density at radius 2 is 1.52 bits per heavy atom. The summed E-state index contributed by atoms with van der Waals surface area (Å²) >= 11 is 12.0. The van der Waals surface area contributed by atoms with E-state index in [0.717, 1.165) is 27.1 Å². The number of fused-ring (bicyclic) bond motifs is 2. The summed E-state index contributed by atoms with van der Waals surface area (Å²) in [6, 6.07) is 23.2. The van der Waals surface area contributed by atoms with Crippen LogP contribution in [0.4, 0.5) is 0 Å². The molecule has 0 saturated heterocycles. The third-order valence-corrected chi connectivity index (χ3v) is 5.30. The first kappa shape index (κ1) is 19.6. The second-order valence-electron chi connectivity index (χ2n) is 6.74. The highest BCUT2D eigenvalue weighted by molar-refractivity contribution is 6.35. The van der Waals surface area contributed by atoms with Gasteiger partial charge in [0.05, 0.1) is 5.02 Å². The maximum absolute atomic E-state index is 12.6. The number of rotatable bonds is 5. The summed E-state index contributed by atoms with van der Waals surface area (Å²) in [6.07, 6.45) is -0.810. The third kappa shape index (κ3) is 4.16. The summed E-state index contributed by atoms with van der Waals surface area (Å²) in [5.41, 5.74) is 0.976. The first-order valence-electron chi connectivity index (χ1n) is 9.20. The number of hydrogen-bond acceptors (Lipinski definition) is 3. The van der Waals surface area contributed by atoms with Gasteiger partial charge in [-0.25, -0.2) is 4.79 Å². The van der Waals surface area contributed by atoms with Gasteiger partial charge in [0.1, 0.15) is 12.4 Å². The molecule has 0 radical (unpaired) electrons. The number of carbonyl (C=O) groups excluding carboxylic acids is 1. The predicted octanol–water partition coefficient (Wildman–Crippen LogP) is 6.81. The van der Waals surface area contributed by atoms with Gasteiger partial charge in [-0.1, -0.05) is 71.7 Å². The van der Waals surface area contributed by atoms with E-state index in [2.05, 4.69) is 18.2 Å². The lowest BCUT2D eigenvalue weighted by Gasteiger charge is -2.16. The van der Waals surface area contributed by atoms with Gasteiger partial charge in [-0.2, -0.15) is 0 Å². The maximum Gasteiger partial charge on any atom is 0.347 e. The first-order chi connectivity index (χ1) is 14.0. The summed E-state index contributed by atoms with van der Waals surface area (Å²) in [6.45, 7) is 1.79. The van der Waals surface area contributed by atoms with Crippen molar-refractivity contribution in [2.45, 2.75) is 19.6 Å². The number of esters is 1. The highest BCUT2D eigenvalue weighted by Crippen LogP contribution is 2.30. The average Bonchev–Trinajstić information content (AvgIpc) is 2.72. The van der Waals surface area contributed by atoms with Crippen LogP contribution in [0.3, 0.4) is 0 Å². The topological polar surface area (TPSA) is 35.5 Å². The highest BCUT2D eigenvalue weighted by atomic mass is 35.5. The number of hydrogen-bond donors (Lipinski definition) is 0. The summed E-state index contributed by atoms with van der Waals surface area (Å²) < 4.78 is 11.3. The third-order valence-electron chi connectivity index (χ3n) is 4.77. The zero-order valence-corrected chi connectivity index (χ0v) is 17.2. The van der Waals surface area contributed by atoms with Crippen LogP contribution in [0.15, 0.2) is 72.8 Å². The monoisotopic (exact) mass is 424 g/mol. The zero-order valence-electron chi connectivity index (χ0n) is 15.7. The Labute approximate surface area is 178 Å². The highest BCUT2D eigenvalue weighted by Gasteiger charge is 2.19. The van der Waals surface area contributed by atoms with E-state index >= 15 is 0 Å². The molecule has 1 unspecified atom stereocenters. The van der Waals surface area contributed by atoms with Gasteiger partial charge in [0.25, 0.3) is 0 Å². The predicted molar refractivity (Wildman–Crippen MR) is 118 cm³/mol. The smallest absolute Gasteiger partial charge is 0.347 e. The standard InChI is InChI=1S/C24H18Cl2O3/c1-15(29-23-11-10-18(25)13-22(23)26)24(27)28-14-21-19-8-4-2-6-16(19)12-17-7-3-5-9-20(17)21/h2-13,15H,14H2,1H3. The molecule has 0 heterocycles. The van der Waals surface area contributed by atoms with Crippen molar-refractivity contribution >= 4 is 50.7 Å². The van der Waals surface area contributed by atoms with Crippen LogP contribution in [0.1, 0.15) is 12.5 Å². The summed E-state index contributed by atoms with van der Waals surface area (Å²) in [7, 11) is 0. The van der Waals surface area contributed by atoms with Crippen LogP contribution in [-0.2, 0) is 16.1 Å². The largest absolute Gasteiger partial charge is 0.477 e. The summed E-state index contributed by atoms with van der Waals surface area (Å²) in [4.78, 5) is 12.6. The number of benzene rings is 4. The van der Waals surface area contributed by atoms with Crippen LogP contribution < -0.4 is 4.74 Å².